The van der Waals surface area contributed by atoms with Gasteiger partial charge < -0.3 is 5.32 Å². The molecule has 0 bridgehead atoms. The maximum atomic E-state index is 4.56. The average molecular weight is 298 g/mol. The SMILES string of the molecule is CCCn1nccc1CNc1nn(C(C)C)cc1C.Cl. The molecule has 2 aromatic heterocycles. The van der Waals surface area contributed by atoms with Crippen LogP contribution in [0.3, 0.4) is 0 Å². The van der Waals surface area contributed by atoms with E-state index in [-0.39, 0.29) is 12.4 Å². The van der Waals surface area contributed by atoms with Crippen molar-refractivity contribution in [2.45, 2.75) is 53.2 Å². The molecular weight excluding hydrogens is 274 g/mol. The fourth-order valence-electron chi connectivity index (χ4n) is 2.02. The van der Waals surface area contributed by atoms with Crippen LogP contribution in [0.5, 0.6) is 0 Å². The molecule has 2 rings (SSSR count). The van der Waals surface area contributed by atoms with Crippen LogP contribution < -0.4 is 5.32 Å². The van der Waals surface area contributed by atoms with Crippen molar-refractivity contribution < 1.29 is 0 Å². The molecule has 2 heterocycles. The second kappa shape index (κ2) is 7.33. The van der Waals surface area contributed by atoms with Gasteiger partial charge in [0.15, 0.2) is 5.82 Å². The Hall–Kier alpha value is -1.49. The quantitative estimate of drug-likeness (QED) is 0.889. The normalized spacial score (nSPS) is 10.7. The molecule has 2 aromatic rings. The Morgan fingerprint density at radius 1 is 1.35 bits per heavy atom. The Kier molecular flexibility index (Phi) is 6.07. The van der Waals surface area contributed by atoms with Gasteiger partial charge in [-0.2, -0.15) is 10.2 Å². The number of hydrogen-bond donors (Lipinski definition) is 1. The van der Waals surface area contributed by atoms with Crippen molar-refractivity contribution in [3.05, 3.63) is 29.7 Å². The summed E-state index contributed by atoms with van der Waals surface area (Å²) in [5, 5.41) is 12.3. The molecule has 0 saturated carbocycles. The molecule has 0 unspecified atom stereocenters. The minimum atomic E-state index is 0. The van der Waals surface area contributed by atoms with Gasteiger partial charge in [-0.15, -0.1) is 12.4 Å². The lowest BCUT2D eigenvalue weighted by Crippen LogP contribution is -2.10. The van der Waals surface area contributed by atoms with E-state index >= 15 is 0 Å². The highest BCUT2D eigenvalue weighted by Gasteiger charge is 2.08. The summed E-state index contributed by atoms with van der Waals surface area (Å²) in [6, 6.07) is 2.44. The number of anilines is 1. The fourth-order valence-corrected chi connectivity index (χ4v) is 2.02. The van der Waals surface area contributed by atoms with Crippen molar-refractivity contribution in [2.24, 2.45) is 0 Å². The highest BCUT2D eigenvalue weighted by molar-refractivity contribution is 5.85. The van der Waals surface area contributed by atoms with Gasteiger partial charge in [-0.05, 0) is 33.3 Å². The Balaban J connectivity index is 0.00000200. The highest BCUT2D eigenvalue weighted by Crippen LogP contribution is 2.15. The van der Waals surface area contributed by atoms with Crippen molar-refractivity contribution in [1.82, 2.24) is 19.6 Å². The number of halogens is 1. The Morgan fingerprint density at radius 2 is 2.10 bits per heavy atom. The Labute approximate surface area is 126 Å². The zero-order valence-electron chi connectivity index (χ0n) is 12.6. The number of rotatable bonds is 6. The second-order valence-electron chi connectivity index (χ2n) is 5.13. The number of nitrogens with zero attached hydrogens (tertiary/aromatic N) is 4. The molecule has 0 spiro atoms. The summed E-state index contributed by atoms with van der Waals surface area (Å²) in [7, 11) is 0. The van der Waals surface area contributed by atoms with Crippen molar-refractivity contribution in [3.63, 3.8) is 0 Å². The number of hydrogen-bond acceptors (Lipinski definition) is 3. The number of nitrogens with one attached hydrogen (secondary N) is 1. The van der Waals surface area contributed by atoms with Gasteiger partial charge in [0.2, 0.25) is 0 Å². The van der Waals surface area contributed by atoms with Gasteiger partial charge in [0, 0.05) is 30.5 Å². The van der Waals surface area contributed by atoms with Gasteiger partial charge in [0.1, 0.15) is 0 Å². The molecule has 112 valence electrons. The fraction of sp³-hybridized carbons (Fsp3) is 0.571. The van der Waals surface area contributed by atoms with E-state index in [1.807, 2.05) is 15.6 Å². The van der Waals surface area contributed by atoms with E-state index in [0.29, 0.717) is 6.04 Å². The maximum Gasteiger partial charge on any atom is 0.151 e. The number of aromatic nitrogens is 4. The third kappa shape index (κ3) is 3.76. The summed E-state index contributed by atoms with van der Waals surface area (Å²) in [6.07, 6.45) is 5.03. The summed E-state index contributed by atoms with van der Waals surface area (Å²) in [5.41, 5.74) is 2.37. The van der Waals surface area contributed by atoms with E-state index < -0.39 is 0 Å². The van der Waals surface area contributed by atoms with Crippen molar-refractivity contribution >= 4 is 18.2 Å². The summed E-state index contributed by atoms with van der Waals surface area (Å²) >= 11 is 0. The highest BCUT2D eigenvalue weighted by atomic mass is 35.5. The lowest BCUT2D eigenvalue weighted by Gasteiger charge is -2.08. The van der Waals surface area contributed by atoms with Crippen LogP contribution in [0, 0.1) is 6.92 Å². The van der Waals surface area contributed by atoms with Gasteiger partial charge in [-0.3, -0.25) is 9.36 Å². The first-order chi connectivity index (χ1) is 9.11. The molecule has 0 atom stereocenters. The van der Waals surface area contributed by atoms with E-state index in [4.69, 9.17) is 0 Å². The second-order valence-corrected chi connectivity index (χ2v) is 5.13. The summed E-state index contributed by atoms with van der Waals surface area (Å²) in [4.78, 5) is 0. The predicted octanol–water partition coefficient (Wildman–Crippen LogP) is 3.41. The van der Waals surface area contributed by atoms with Crippen molar-refractivity contribution in [1.29, 1.82) is 0 Å². The van der Waals surface area contributed by atoms with Crippen molar-refractivity contribution in [3.8, 4) is 0 Å². The smallest absolute Gasteiger partial charge is 0.151 e. The van der Waals surface area contributed by atoms with Gasteiger partial charge in [0.25, 0.3) is 0 Å². The van der Waals surface area contributed by atoms with Crippen LogP contribution in [-0.4, -0.2) is 19.6 Å². The van der Waals surface area contributed by atoms with Gasteiger partial charge in [-0.1, -0.05) is 6.92 Å². The molecule has 0 saturated heterocycles. The maximum absolute atomic E-state index is 4.56. The molecule has 0 aromatic carbocycles. The average Bonchev–Trinajstić information content (AvgIpc) is 2.94. The third-order valence-corrected chi connectivity index (χ3v) is 3.12. The van der Waals surface area contributed by atoms with Gasteiger partial charge >= 0.3 is 0 Å². The molecule has 0 aliphatic rings. The van der Waals surface area contributed by atoms with Crippen LogP contribution >= 0.6 is 12.4 Å². The summed E-state index contributed by atoms with van der Waals surface area (Å²) in [5.74, 6) is 0.956. The lowest BCUT2D eigenvalue weighted by molar-refractivity contribution is 0.533. The first kappa shape index (κ1) is 16.6. The van der Waals surface area contributed by atoms with Crippen LogP contribution in [0.25, 0.3) is 0 Å². The molecule has 20 heavy (non-hydrogen) atoms. The van der Waals surface area contributed by atoms with E-state index in [1.54, 1.807) is 0 Å². The van der Waals surface area contributed by atoms with E-state index in [2.05, 4.69) is 55.5 Å². The lowest BCUT2D eigenvalue weighted by atomic mass is 10.3. The van der Waals surface area contributed by atoms with Crippen LogP contribution in [0.2, 0.25) is 0 Å². The van der Waals surface area contributed by atoms with Gasteiger partial charge in [-0.25, -0.2) is 0 Å². The Morgan fingerprint density at radius 3 is 2.70 bits per heavy atom. The predicted molar refractivity (Wildman–Crippen MR) is 84.4 cm³/mol. The van der Waals surface area contributed by atoms with E-state index in [9.17, 15) is 0 Å². The van der Waals surface area contributed by atoms with Crippen LogP contribution in [0.15, 0.2) is 18.5 Å². The van der Waals surface area contributed by atoms with Crippen LogP contribution in [0.1, 0.15) is 44.5 Å². The van der Waals surface area contributed by atoms with Crippen molar-refractivity contribution in [2.75, 3.05) is 5.32 Å². The standard InChI is InChI=1S/C14H23N5.ClH/c1-5-8-18-13(6-7-16-18)9-15-14-12(4)10-19(17-14)11(2)3;/h6-7,10-11H,5,8-9H2,1-4H3,(H,15,17);1H. The summed E-state index contributed by atoms with van der Waals surface area (Å²) < 4.78 is 4.03. The minimum absolute atomic E-state index is 0. The molecule has 6 heteroatoms. The largest absolute Gasteiger partial charge is 0.363 e. The first-order valence-electron chi connectivity index (χ1n) is 6.92. The Bertz CT molecular complexity index is 529. The van der Waals surface area contributed by atoms with Crippen LogP contribution in [-0.2, 0) is 13.1 Å². The monoisotopic (exact) mass is 297 g/mol. The van der Waals surface area contributed by atoms with E-state index in [1.165, 1.54) is 11.3 Å². The minimum Gasteiger partial charge on any atom is -0.363 e. The zero-order chi connectivity index (χ0) is 13.8. The molecule has 0 amide bonds. The molecular formula is C14H24ClN5. The summed E-state index contributed by atoms with van der Waals surface area (Å²) in [6.45, 7) is 10.2. The van der Waals surface area contributed by atoms with Crippen LogP contribution in [0.4, 0.5) is 5.82 Å². The molecule has 0 aliphatic carbocycles. The molecule has 5 nitrogen and oxygen atoms in total. The topological polar surface area (TPSA) is 47.7 Å². The molecule has 0 radical (unpaired) electrons. The molecule has 0 aliphatic heterocycles. The molecule has 1 N–H and O–H groups in total. The zero-order valence-corrected chi connectivity index (χ0v) is 13.4. The third-order valence-electron chi connectivity index (χ3n) is 3.12. The van der Waals surface area contributed by atoms with Gasteiger partial charge in [0.05, 0.1) is 12.2 Å². The van der Waals surface area contributed by atoms with E-state index in [0.717, 1.165) is 25.3 Å². The molecule has 0 fully saturated rings. The first-order valence-corrected chi connectivity index (χ1v) is 6.92. The number of aryl methyl sites for hydroxylation is 2.